The van der Waals surface area contributed by atoms with Gasteiger partial charge in [0.25, 0.3) is 0 Å². The first-order chi connectivity index (χ1) is 39.7. The van der Waals surface area contributed by atoms with Gasteiger partial charge in [-0.3, -0.25) is 4.68 Å². The van der Waals surface area contributed by atoms with Crippen LogP contribution in [-0.4, -0.2) is 74.0 Å². The van der Waals surface area contributed by atoms with Crippen molar-refractivity contribution in [3.05, 3.63) is 97.9 Å². The Hall–Kier alpha value is -4.41. The molecule has 4 N–H and O–H groups in total. The topological polar surface area (TPSA) is 215 Å². The molecular weight excluding hydrogens is 1350 g/mol. The number of fused-ring (bicyclic) bond motifs is 6. The maximum Gasteiger partial charge on any atom is 0.143 e. The van der Waals surface area contributed by atoms with Gasteiger partial charge in [0, 0.05) is 176 Å². The Morgan fingerprint density at radius 2 is 0.976 bits per heavy atom. The van der Waals surface area contributed by atoms with E-state index in [-0.39, 0.29) is 18.5 Å². The number of H-pyrrole nitrogens is 2. The van der Waals surface area contributed by atoms with Crippen LogP contribution in [0.25, 0.3) is 66.1 Å². The zero-order valence-corrected chi connectivity index (χ0v) is 60.8. The van der Waals surface area contributed by atoms with Gasteiger partial charge in [-0.05, 0) is 141 Å². The number of nitrogens with zero attached hydrogens (tertiary/aromatic N) is 10. The summed E-state index contributed by atoms with van der Waals surface area (Å²) in [4.78, 5) is 25.2. The number of aryl methyl sites for hydroxylation is 8. The van der Waals surface area contributed by atoms with E-state index >= 15 is 0 Å². The van der Waals surface area contributed by atoms with E-state index in [1.807, 2.05) is 72.2 Å². The summed E-state index contributed by atoms with van der Waals surface area (Å²) in [7, 11) is 21.4. The van der Waals surface area contributed by atoms with E-state index in [1.165, 1.54) is 29.0 Å². The number of hydrogen-bond donors (Lipinski definition) is 3. The van der Waals surface area contributed by atoms with Gasteiger partial charge in [0.1, 0.15) is 56.9 Å². The summed E-state index contributed by atoms with van der Waals surface area (Å²) >= 11 is 15.7. The van der Waals surface area contributed by atoms with Gasteiger partial charge in [0.2, 0.25) is 0 Å². The molecule has 0 saturated heterocycles. The third-order valence-corrected chi connectivity index (χ3v) is 35.7. The van der Waals surface area contributed by atoms with Crippen LogP contribution in [0.1, 0.15) is 117 Å². The molecule has 31 heteroatoms. The zero-order valence-electron chi connectivity index (χ0n) is 49.4. The minimum Gasteiger partial charge on any atom is -0.496 e. The van der Waals surface area contributed by atoms with E-state index in [2.05, 4.69) is 108 Å². The lowest BCUT2D eigenvalue weighted by Gasteiger charge is -2.23. The molecule has 0 fully saturated rings. The lowest BCUT2D eigenvalue weighted by Crippen LogP contribution is -2.26. The van der Waals surface area contributed by atoms with Crippen molar-refractivity contribution in [2.45, 2.75) is 136 Å². The molecule has 0 unspecified atom stereocenters. The van der Waals surface area contributed by atoms with Crippen LogP contribution >= 0.6 is 11.6 Å². The average molecular weight is 1420 g/mol. The van der Waals surface area contributed by atoms with Crippen LogP contribution in [0.5, 0.6) is 11.5 Å². The monoisotopic (exact) mass is 1410 g/mol. The van der Waals surface area contributed by atoms with E-state index in [4.69, 9.17) is 73.3 Å². The number of aromatic nitrogens is 12. The Labute approximate surface area is 541 Å². The first-order valence-corrected chi connectivity index (χ1v) is 41.8. The zero-order chi connectivity index (χ0) is 61.5. The van der Waals surface area contributed by atoms with Crippen molar-refractivity contribution < 1.29 is 18.5 Å². The van der Waals surface area contributed by atoms with E-state index in [0.29, 0.717) is 23.0 Å². The van der Waals surface area contributed by atoms with Crippen LogP contribution < -0.4 is 15.2 Å². The number of methoxy groups -OCH3 is 2. The predicted molar refractivity (Wildman–Crippen MR) is 383 cm³/mol. The van der Waals surface area contributed by atoms with E-state index in [0.717, 1.165) is 129 Å². The smallest absolute Gasteiger partial charge is 0.143 e. The number of rotatable bonds is 6. The number of aromatic amines is 2. The lowest BCUT2D eigenvalue weighted by atomic mass is 9.99. The van der Waals surface area contributed by atoms with Crippen LogP contribution in [0.4, 0.5) is 5.82 Å². The predicted octanol–water partition coefficient (Wildman–Crippen LogP) is 12.7. The molecule has 0 bridgehead atoms. The van der Waals surface area contributed by atoms with Crippen molar-refractivity contribution in [1.29, 1.82) is 0 Å². The van der Waals surface area contributed by atoms with Gasteiger partial charge < -0.3 is 34.2 Å². The van der Waals surface area contributed by atoms with Crippen molar-refractivity contribution in [1.82, 2.24) is 59.8 Å². The van der Waals surface area contributed by atoms with Crippen LogP contribution in [0.2, 0.25) is 5.15 Å². The molecule has 0 atom stereocenters. The molecule has 0 radical (unpaired) electrons. The first kappa shape index (κ1) is 69.7. The van der Waals surface area contributed by atoms with Crippen LogP contribution in [-0.2, 0) is 138 Å². The Morgan fingerprint density at radius 3 is 1.36 bits per heavy atom. The fraction of sp³-hybridized carbons (Fsp3) is 0.407. The third-order valence-electron chi connectivity index (χ3n) is 13.2. The summed E-state index contributed by atoms with van der Waals surface area (Å²) in [6.45, 7) is 32.4. The molecule has 0 amide bonds. The average Bonchev–Trinajstić information content (AvgIpc) is 1.82. The number of benzene rings is 2. The molecule has 17 nitrogen and oxygen atoms in total. The molecule has 0 spiro atoms. The Kier molecular flexibility index (Phi) is 24.8. The molecule has 458 valence electrons. The number of nitrogens with two attached hydrogens (primary N) is 1. The van der Waals surface area contributed by atoms with E-state index < -0.39 is 0 Å². The number of nitrogen functional groups attached to an aromatic ring is 1. The molecular formula is C54H68ClN13O4S13. The van der Waals surface area contributed by atoms with Crippen molar-refractivity contribution in [2.24, 2.45) is 0 Å². The maximum absolute atomic E-state index is 6.33. The third kappa shape index (κ3) is 16.3. The molecule has 8 heterocycles. The summed E-state index contributed by atoms with van der Waals surface area (Å²) < 4.78 is 26.2. The summed E-state index contributed by atoms with van der Waals surface area (Å²) in [6, 6.07) is 8.11. The van der Waals surface area contributed by atoms with Crippen molar-refractivity contribution in [2.75, 3.05) is 20.0 Å². The summed E-state index contributed by atoms with van der Waals surface area (Å²) in [5.41, 5.74) is 21.0. The van der Waals surface area contributed by atoms with Gasteiger partial charge in [-0.25, -0.2) is 24.6 Å². The van der Waals surface area contributed by atoms with E-state index in [9.17, 15) is 0 Å². The Balaban J connectivity index is 0.000000200. The number of anilines is 1. The highest BCUT2D eigenvalue weighted by molar-refractivity contribution is 8.75. The van der Waals surface area contributed by atoms with Gasteiger partial charge in [-0.1, -0.05) is 29.3 Å². The molecule has 0 aliphatic carbocycles. The van der Waals surface area contributed by atoms with Crippen molar-refractivity contribution in [3.8, 4) is 33.8 Å². The van der Waals surface area contributed by atoms with Crippen molar-refractivity contribution in [3.63, 3.8) is 0 Å². The van der Waals surface area contributed by atoms with Crippen LogP contribution in [0, 0.1) is 69.2 Å². The van der Waals surface area contributed by atoms with E-state index in [1.54, 1.807) is 94.1 Å². The largest absolute Gasteiger partial charge is 0.496 e. The number of halogens is 1. The van der Waals surface area contributed by atoms with Gasteiger partial charge in [0.05, 0.1) is 70.3 Å². The van der Waals surface area contributed by atoms with Crippen LogP contribution in [0.15, 0.2) is 33.3 Å². The standard InChI is InChI=1S/C27H32N6O2.C17H15ClN4O2.C9H17N3.CH4.S13/c1-13-14(2)31-33(27(6,7)8)22(13)12-21-25-18-11-23(34-9)19(24-15(3)32-35-16(24)4)10-20(18)30-26(25)29-17(5)28-21;1-7-14(8(2)24-22-7)11-5-12-10(6-13(11)23-4)15-16(18)19-9(3)20-17(15)21-12;1-6-7(2)11-12(8(6)10)9(3,4)5;;1-3-5-7-9-11-13-12-10-8-6-4-2/h10-11H,12H2,1-9H3,(H,28,29,30);5-6H,1-4H3,(H,19,20,21);10H2,1-5H3;1H4;. The SMILES string of the molecule is C.COc1cc2c(cc1-c1c(C)noc1C)[nH]c1nc(C)nc(Cc3c(C)c(C)nn3C(C)(C)C)c12.COc1cc2c(cc1-c1c(C)noc1C)[nH]c1nc(C)nc(Cl)c12.Cc1nn(C(C)(C)C)c(N)c1C.S=S=S=S=S=S=S=S=S=S=S=S=S. The molecule has 2 aromatic carbocycles. The van der Waals surface area contributed by atoms with Gasteiger partial charge in [-0.2, -0.15) is 10.2 Å². The summed E-state index contributed by atoms with van der Waals surface area (Å²) in [6.07, 6.45) is 0.657. The second-order valence-electron chi connectivity index (χ2n) is 20.9. The highest BCUT2D eigenvalue weighted by atomic mass is 35.5. The Morgan fingerprint density at radius 1 is 0.565 bits per heavy atom. The normalized spacial score (nSPS) is 11.1. The second-order valence-corrected chi connectivity index (χ2v) is 40.7. The molecule has 0 aliphatic heterocycles. The number of ether oxygens (including phenoxy) is 2. The fourth-order valence-corrected chi connectivity index (χ4v) is 34.3. The summed E-state index contributed by atoms with van der Waals surface area (Å²) in [5.74, 6) is 5.11. The first-order valence-electron chi connectivity index (χ1n) is 25.5. The molecule has 10 rings (SSSR count). The van der Waals surface area contributed by atoms with Crippen LogP contribution in [0.3, 0.4) is 0 Å². The highest BCUT2D eigenvalue weighted by Crippen LogP contribution is 2.42. The molecule has 10 aromatic rings. The quantitative estimate of drug-likeness (QED) is 0.132. The minimum atomic E-state index is -0.137. The summed E-state index contributed by atoms with van der Waals surface area (Å²) in [5, 5.41) is 21.6. The molecule has 85 heavy (non-hydrogen) atoms. The minimum absolute atomic E-state index is 0. The maximum atomic E-state index is 6.33. The highest BCUT2D eigenvalue weighted by Gasteiger charge is 2.26. The second kappa shape index (κ2) is 30.2. The number of hydrogen-bond acceptors (Lipinski definition) is 15. The molecule has 0 aliphatic rings. The van der Waals surface area contributed by atoms with Gasteiger partial charge >= 0.3 is 0 Å². The van der Waals surface area contributed by atoms with Gasteiger partial charge in [-0.15, -0.1) is 0 Å². The Bertz CT molecular complexity index is 4600. The van der Waals surface area contributed by atoms with Gasteiger partial charge in [0.15, 0.2) is 0 Å². The molecule has 8 aromatic heterocycles. The number of nitrogens with one attached hydrogen (secondary N) is 2. The van der Waals surface area contributed by atoms with Crippen molar-refractivity contribution >= 4 is 181 Å². The molecule has 0 saturated carbocycles. The lowest BCUT2D eigenvalue weighted by molar-refractivity contribution is 0.343. The fourth-order valence-electron chi connectivity index (χ4n) is 9.31.